The van der Waals surface area contributed by atoms with E-state index in [0.29, 0.717) is 27.4 Å². The van der Waals surface area contributed by atoms with Crippen LogP contribution in [-0.4, -0.2) is 26.4 Å². The normalized spacial score (nSPS) is 10.8. The van der Waals surface area contributed by atoms with Crippen molar-refractivity contribution in [3.8, 4) is 11.4 Å². The number of halogens is 2. The lowest BCUT2D eigenvalue weighted by Crippen LogP contribution is -2.15. The van der Waals surface area contributed by atoms with E-state index in [-0.39, 0.29) is 11.7 Å². The van der Waals surface area contributed by atoms with Gasteiger partial charge in [-0.2, -0.15) is 0 Å². The first-order valence-electron chi connectivity index (χ1n) is 8.36. The molecule has 27 heavy (non-hydrogen) atoms. The number of nitrogens with one attached hydrogen (secondary N) is 1. The van der Waals surface area contributed by atoms with Gasteiger partial charge in [0.15, 0.2) is 11.0 Å². The van der Waals surface area contributed by atoms with Gasteiger partial charge in [0.1, 0.15) is 0 Å². The lowest BCUT2D eigenvalue weighted by atomic mass is 10.2. The Morgan fingerprint density at radius 2 is 1.81 bits per heavy atom. The van der Waals surface area contributed by atoms with E-state index in [1.165, 1.54) is 11.8 Å². The Bertz CT molecular complexity index is 957. The van der Waals surface area contributed by atoms with Crippen molar-refractivity contribution < 1.29 is 4.79 Å². The Kier molecular flexibility index (Phi) is 6.42. The van der Waals surface area contributed by atoms with Gasteiger partial charge < -0.3 is 9.88 Å². The number of nitrogens with zero attached hydrogens (tertiary/aromatic N) is 3. The lowest BCUT2D eigenvalue weighted by Gasteiger charge is -2.09. The summed E-state index contributed by atoms with van der Waals surface area (Å²) in [6.45, 7) is 4.63. The highest BCUT2D eigenvalue weighted by Gasteiger charge is 2.15. The molecule has 5 nitrogen and oxygen atoms in total. The van der Waals surface area contributed by atoms with Gasteiger partial charge in [-0.3, -0.25) is 4.79 Å². The molecule has 3 rings (SSSR count). The molecule has 1 aromatic heterocycles. The summed E-state index contributed by atoms with van der Waals surface area (Å²) in [6, 6.07) is 12.9. The molecule has 0 aliphatic rings. The second-order valence-corrected chi connectivity index (χ2v) is 7.67. The molecule has 1 heterocycles. The molecule has 0 saturated carbocycles. The maximum atomic E-state index is 12.3. The molecule has 0 radical (unpaired) electrons. The van der Waals surface area contributed by atoms with E-state index in [2.05, 4.69) is 15.5 Å². The molecule has 0 saturated heterocycles. The lowest BCUT2D eigenvalue weighted by molar-refractivity contribution is -0.113. The highest BCUT2D eigenvalue weighted by atomic mass is 35.5. The summed E-state index contributed by atoms with van der Waals surface area (Å²) in [6.07, 6.45) is 0. The zero-order valence-corrected chi connectivity index (χ0v) is 17.2. The number of carbonyl (C=O) groups is 1. The minimum atomic E-state index is -0.121. The average Bonchev–Trinajstić information content (AvgIpc) is 3.06. The molecule has 0 fully saturated rings. The predicted molar refractivity (Wildman–Crippen MR) is 112 cm³/mol. The van der Waals surface area contributed by atoms with E-state index in [9.17, 15) is 4.79 Å². The Labute approximate surface area is 172 Å². The summed E-state index contributed by atoms with van der Waals surface area (Å²) >= 11 is 13.3. The molecular formula is C19H18Cl2N4OS. The minimum absolute atomic E-state index is 0.121. The summed E-state index contributed by atoms with van der Waals surface area (Å²) in [4.78, 5) is 12.3. The Balaban J connectivity index is 1.70. The van der Waals surface area contributed by atoms with Crippen LogP contribution in [0.25, 0.3) is 11.4 Å². The molecule has 2 aromatic carbocycles. The molecule has 0 bridgehead atoms. The minimum Gasteiger partial charge on any atom is -0.325 e. The molecule has 8 heteroatoms. The predicted octanol–water partition coefficient (Wildman–Crippen LogP) is 5.31. The van der Waals surface area contributed by atoms with Gasteiger partial charge in [-0.1, -0.05) is 41.0 Å². The van der Waals surface area contributed by atoms with Crippen molar-refractivity contribution in [2.24, 2.45) is 0 Å². The van der Waals surface area contributed by atoms with Crippen LogP contribution in [-0.2, 0) is 11.3 Å². The first-order chi connectivity index (χ1) is 13.0. The highest BCUT2D eigenvalue weighted by Crippen LogP contribution is 2.26. The van der Waals surface area contributed by atoms with Gasteiger partial charge in [-0.15, -0.1) is 10.2 Å². The smallest absolute Gasteiger partial charge is 0.234 e. The van der Waals surface area contributed by atoms with Crippen LogP contribution in [0.1, 0.15) is 12.5 Å². The largest absolute Gasteiger partial charge is 0.325 e. The van der Waals surface area contributed by atoms with Crippen molar-refractivity contribution in [3.63, 3.8) is 0 Å². The molecule has 0 unspecified atom stereocenters. The summed E-state index contributed by atoms with van der Waals surface area (Å²) < 4.78 is 1.98. The Hall–Kier alpha value is -2.02. The molecule has 140 valence electrons. The number of thioether (sulfide) groups is 1. The number of anilines is 1. The van der Waals surface area contributed by atoms with E-state index in [0.717, 1.165) is 17.0 Å². The van der Waals surface area contributed by atoms with Crippen LogP contribution >= 0.6 is 35.0 Å². The molecule has 3 aromatic rings. The highest BCUT2D eigenvalue weighted by molar-refractivity contribution is 7.99. The van der Waals surface area contributed by atoms with E-state index in [4.69, 9.17) is 23.2 Å². The third-order valence-corrected chi connectivity index (χ3v) is 5.40. The van der Waals surface area contributed by atoms with Gasteiger partial charge in [0, 0.05) is 27.8 Å². The van der Waals surface area contributed by atoms with Crippen molar-refractivity contribution in [1.82, 2.24) is 14.8 Å². The second-order valence-electron chi connectivity index (χ2n) is 5.85. The van der Waals surface area contributed by atoms with Crippen molar-refractivity contribution in [3.05, 3.63) is 58.1 Å². The fourth-order valence-electron chi connectivity index (χ4n) is 2.54. The first kappa shape index (κ1) is 19.7. The van der Waals surface area contributed by atoms with Crippen LogP contribution in [0.4, 0.5) is 5.69 Å². The summed E-state index contributed by atoms with van der Waals surface area (Å²) in [5.41, 5.74) is 2.60. The Morgan fingerprint density at radius 3 is 2.52 bits per heavy atom. The van der Waals surface area contributed by atoms with Crippen molar-refractivity contribution in [2.45, 2.75) is 25.5 Å². The topological polar surface area (TPSA) is 59.8 Å². The monoisotopic (exact) mass is 420 g/mol. The van der Waals surface area contributed by atoms with Gasteiger partial charge in [0.2, 0.25) is 5.91 Å². The van der Waals surface area contributed by atoms with Gasteiger partial charge in [-0.05, 0) is 55.8 Å². The van der Waals surface area contributed by atoms with E-state index in [1.54, 1.807) is 12.1 Å². The van der Waals surface area contributed by atoms with Gasteiger partial charge in [0.25, 0.3) is 0 Å². The van der Waals surface area contributed by atoms with Gasteiger partial charge in [0.05, 0.1) is 5.75 Å². The number of carbonyl (C=O) groups excluding carboxylic acids is 1. The number of amides is 1. The van der Waals surface area contributed by atoms with E-state index in [1.807, 2.05) is 48.7 Å². The van der Waals surface area contributed by atoms with E-state index >= 15 is 0 Å². The first-order valence-corrected chi connectivity index (χ1v) is 10.1. The fourth-order valence-corrected chi connectivity index (χ4v) is 3.64. The quantitative estimate of drug-likeness (QED) is 0.548. The van der Waals surface area contributed by atoms with Crippen LogP contribution in [0.2, 0.25) is 10.0 Å². The second kappa shape index (κ2) is 8.78. The van der Waals surface area contributed by atoms with Crippen molar-refractivity contribution >= 4 is 46.6 Å². The number of hydrogen-bond donors (Lipinski definition) is 1. The number of aryl methyl sites for hydroxylation is 1. The summed E-state index contributed by atoms with van der Waals surface area (Å²) in [5, 5.41) is 13.4. The van der Waals surface area contributed by atoms with Gasteiger partial charge in [-0.25, -0.2) is 0 Å². The summed E-state index contributed by atoms with van der Waals surface area (Å²) in [5.74, 6) is 0.858. The van der Waals surface area contributed by atoms with Crippen LogP contribution in [0, 0.1) is 6.92 Å². The zero-order chi connectivity index (χ0) is 19.4. The van der Waals surface area contributed by atoms with Crippen LogP contribution in [0.5, 0.6) is 0 Å². The maximum Gasteiger partial charge on any atom is 0.234 e. The number of rotatable bonds is 6. The Morgan fingerprint density at radius 1 is 1.11 bits per heavy atom. The van der Waals surface area contributed by atoms with Gasteiger partial charge >= 0.3 is 0 Å². The standard InChI is InChI=1S/C19H18Cl2N4OS/c1-3-25-18(13-5-8-14(20)9-6-13)23-24-19(25)27-11-17(26)22-16-10-15(21)7-4-12(16)2/h4-10H,3,11H2,1-2H3,(H,22,26). The van der Waals surface area contributed by atoms with Crippen molar-refractivity contribution in [2.75, 3.05) is 11.1 Å². The number of hydrogen-bond acceptors (Lipinski definition) is 4. The molecule has 0 aliphatic heterocycles. The van der Waals surface area contributed by atoms with Crippen molar-refractivity contribution in [1.29, 1.82) is 0 Å². The number of benzene rings is 2. The molecule has 0 atom stereocenters. The van der Waals surface area contributed by atoms with Crippen LogP contribution in [0.3, 0.4) is 0 Å². The SMILES string of the molecule is CCn1c(SCC(=O)Nc2cc(Cl)ccc2C)nnc1-c1ccc(Cl)cc1. The third-order valence-electron chi connectivity index (χ3n) is 3.94. The van der Waals surface area contributed by atoms with Crippen LogP contribution in [0.15, 0.2) is 47.6 Å². The molecule has 1 N–H and O–H groups in total. The molecule has 0 spiro atoms. The van der Waals surface area contributed by atoms with Crippen LogP contribution < -0.4 is 5.32 Å². The third kappa shape index (κ3) is 4.83. The molecular weight excluding hydrogens is 403 g/mol. The average molecular weight is 421 g/mol. The van der Waals surface area contributed by atoms with E-state index < -0.39 is 0 Å². The summed E-state index contributed by atoms with van der Waals surface area (Å²) in [7, 11) is 0. The molecule has 0 aliphatic carbocycles. The zero-order valence-electron chi connectivity index (χ0n) is 14.9. The maximum absolute atomic E-state index is 12.3. The number of aromatic nitrogens is 3. The molecule has 1 amide bonds. The fraction of sp³-hybridized carbons (Fsp3) is 0.211.